The van der Waals surface area contributed by atoms with E-state index in [0.29, 0.717) is 12.0 Å². The lowest BCUT2D eigenvalue weighted by Crippen LogP contribution is -1.95. The summed E-state index contributed by atoms with van der Waals surface area (Å²) in [6.45, 7) is 8.07. The summed E-state index contributed by atoms with van der Waals surface area (Å²) in [6, 6.07) is 20.4. The average Bonchev–Trinajstić information content (AvgIpc) is 2.63. The minimum Gasteiger partial charge on any atom is -0.507 e. The van der Waals surface area contributed by atoms with E-state index >= 15 is 0 Å². The monoisotopic (exact) mass is 372 g/mol. The van der Waals surface area contributed by atoms with E-state index in [1.54, 1.807) is 12.1 Å². The SMILES string of the molecule is Cc1ccc(/C=C(/Cc2ccc(C)cc2)c2cc(O)c(C(C)C)c(O)c2)cc1. The Hall–Kier alpha value is -3.00. The molecule has 3 aromatic carbocycles. The van der Waals surface area contributed by atoms with Gasteiger partial charge in [-0.1, -0.05) is 79.6 Å². The van der Waals surface area contributed by atoms with Crippen LogP contribution in [0.15, 0.2) is 60.7 Å². The van der Waals surface area contributed by atoms with E-state index in [4.69, 9.17) is 0 Å². The molecular formula is C26H28O2. The van der Waals surface area contributed by atoms with Crippen LogP contribution >= 0.6 is 0 Å². The van der Waals surface area contributed by atoms with Crippen LogP contribution in [0.25, 0.3) is 11.6 Å². The summed E-state index contributed by atoms with van der Waals surface area (Å²) in [5.74, 6) is 0.336. The van der Waals surface area contributed by atoms with Gasteiger partial charge in [0.15, 0.2) is 0 Å². The van der Waals surface area contributed by atoms with Gasteiger partial charge in [0.25, 0.3) is 0 Å². The maximum absolute atomic E-state index is 10.5. The molecular weight excluding hydrogens is 344 g/mol. The first-order valence-electron chi connectivity index (χ1n) is 9.72. The van der Waals surface area contributed by atoms with Gasteiger partial charge in [0.2, 0.25) is 0 Å². The number of hydrogen-bond acceptors (Lipinski definition) is 2. The number of benzene rings is 3. The van der Waals surface area contributed by atoms with Gasteiger partial charge in [0.1, 0.15) is 11.5 Å². The molecule has 3 rings (SSSR count). The normalized spacial score (nSPS) is 11.8. The molecule has 2 nitrogen and oxygen atoms in total. The van der Waals surface area contributed by atoms with Crippen molar-refractivity contribution in [1.29, 1.82) is 0 Å². The molecule has 0 heterocycles. The average molecular weight is 373 g/mol. The van der Waals surface area contributed by atoms with E-state index in [1.807, 2.05) is 13.8 Å². The van der Waals surface area contributed by atoms with Crippen molar-refractivity contribution >= 4 is 11.6 Å². The summed E-state index contributed by atoms with van der Waals surface area (Å²) >= 11 is 0. The van der Waals surface area contributed by atoms with Crippen LogP contribution in [-0.2, 0) is 6.42 Å². The second-order valence-electron chi connectivity index (χ2n) is 7.83. The van der Waals surface area contributed by atoms with Crippen LogP contribution in [0.5, 0.6) is 11.5 Å². The Morgan fingerprint density at radius 3 is 1.82 bits per heavy atom. The highest BCUT2D eigenvalue weighted by molar-refractivity contribution is 5.84. The highest BCUT2D eigenvalue weighted by Crippen LogP contribution is 2.38. The van der Waals surface area contributed by atoms with E-state index in [2.05, 4.69) is 68.5 Å². The number of allylic oxidation sites excluding steroid dienone is 1. The van der Waals surface area contributed by atoms with Crippen molar-refractivity contribution in [3.8, 4) is 11.5 Å². The molecule has 2 N–H and O–H groups in total. The van der Waals surface area contributed by atoms with Crippen LogP contribution in [0.1, 0.15) is 53.1 Å². The first-order valence-corrected chi connectivity index (χ1v) is 9.72. The predicted molar refractivity (Wildman–Crippen MR) is 118 cm³/mol. The van der Waals surface area contributed by atoms with Crippen molar-refractivity contribution in [2.45, 2.75) is 40.0 Å². The van der Waals surface area contributed by atoms with Gasteiger partial charge in [-0.2, -0.15) is 0 Å². The third-order valence-electron chi connectivity index (χ3n) is 5.02. The van der Waals surface area contributed by atoms with Crippen molar-refractivity contribution in [2.24, 2.45) is 0 Å². The van der Waals surface area contributed by atoms with Gasteiger partial charge >= 0.3 is 0 Å². The molecule has 0 aliphatic heterocycles. The summed E-state index contributed by atoms with van der Waals surface area (Å²) in [6.07, 6.45) is 2.84. The lowest BCUT2D eigenvalue weighted by molar-refractivity contribution is 0.433. The number of aryl methyl sites for hydroxylation is 2. The zero-order chi connectivity index (χ0) is 20.3. The third-order valence-corrected chi connectivity index (χ3v) is 5.02. The zero-order valence-electron chi connectivity index (χ0n) is 17.0. The van der Waals surface area contributed by atoms with Crippen LogP contribution < -0.4 is 0 Å². The molecule has 0 saturated carbocycles. The Balaban J connectivity index is 2.07. The second kappa shape index (κ2) is 8.35. The van der Waals surface area contributed by atoms with Gasteiger partial charge in [0.05, 0.1) is 0 Å². The van der Waals surface area contributed by atoms with Crippen LogP contribution in [-0.4, -0.2) is 10.2 Å². The highest BCUT2D eigenvalue weighted by atomic mass is 16.3. The van der Waals surface area contributed by atoms with Gasteiger partial charge in [-0.3, -0.25) is 0 Å². The van der Waals surface area contributed by atoms with Crippen LogP contribution in [0.3, 0.4) is 0 Å². The molecule has 0 fully saturated rings. The molecule has 0 aliphatic carbocycles. The summed E-state index contributed by atoms with van der Waals surface area (Å²) in [5.41, 5.74) is 7.21. The van der Waals surface area contributed by atoms with Gasteiger partial charge in [-0.05, 0) is 60.6 Å². The molecule has 0 aliphatic rings. The lowest BCUT2D eigenvalue weighted by Gasteiger charge is -2.15. The largest absolute Gasteiger partial charge is 0.507 e. The number of hydrogen-bond donors (Lipinski definition) is 2. The number of rotatable bonds is 5. The van der Waals surface area contributed by atoms with Gasteiger partial charge in [0, 0.05) is 5.56 Å². The lowest BCUT2D eigenvalue weighted by atomic mass is 9.92. The molecule has 0 amide bonds. The van der Waals surface area contributed by atoms with E-state index in [0.717, 1.165) is 16.7 Å². The van der Waals surface area contributed by atoms with E-state index in [-0.39, 0.29) is 17.4 Å². The second-order valence-corrected chi connectivity index (χ2v) is 7.83. The maximum atomic E-state index is 10.5. The Morgan fingerprint density at radius 2 is 1.32 bits per heavy atom. The molecule has 0 aromatic heterocycles. The quantitative estimate of drug-likeness (QED) is 0.494. The number of aromatic hydroxyl groups is 2. The van der Waals surface area contributed by atoms with E-state index in [1.165, 1.54) is 16.7 Å². The minimum atomic E-state index is 0.0516. The molecule has 0 unspecified atom stereocenters. The summed E-state index contributed by atoms with van der Waals surface area (Å²) in [7, 11) is 0. The number of phenolic OH excluding ortho intramolecular Hbond substituents is 2. The van der Waals surface area contributed by atoms with Crippen LogP contribution in [0.4, 0.5) is 0 Å². The summed E-state index contributed by atoms with van der Waals surface area (Å²) in [4.78, 5) is 0. The van der Waals surface area contributed by atoms with Gasteiger partial charge in [-0.15, -0.1) is 0 Å². The summed E-state index contributed by atoms with van der Waals surface area (Å²) in [5, 5.41) is 21.0. The first kappa shape index (κ1) is 19.8. The fourth-order valence-electron chi connectivity index (χ4n) is 3.43. The topological polar surface area (TPSA) is 40.5 Å². The molecule has 0 atom stereocenters. The molecule has 3 aromatic rings. The van der Waals surface area contributed by atoms with Crippen LogP contribution in [0.2, 0.25) is 0 Å². The van der Waals surface area contributed by atoms with Crippen molar-refractivity contribution < 1.29 is 10.2 Å². The minimum absolute atomic E-state index is 0.0516. The predicted octanol–water partition coefficient (Wildman–Crippen LogP) is 6.62. The Labute approximate surface area is 167 Å². The van der Waals surface area contributed by atoms with Crippen molar-refractivity contribution in [1.82, 2.24) is 0 Å². The molecule has 2 heteroatoms. The van der Waals surface area contributed by atoms with Gasteiger partial charge in [-0.25, -0.2) is 0 Å². The highest BCUT2D eigenvalue weighted by Gasteiger charge is 2.15. The smallest absolute Gasteiger partial charge is 0.123 e. The van der Waals surface area contributed by atoms with Crippen molar-refractivity contribution in [2.75, 3.05) is 0 Å². The van der Waals surface area contributed by atoms with Gasteiger partial charge < -0.3 is 10.2 Å². The fourth-order valence-corrected chi connectivity index (χ4v) is 3.43. The van der Waals surface area contributed by atoms with Crippen LogP contribution in [0, 0.1) is 13.8 Å². The summed E-state index contributed by atoms with van der Waals surface area (Å²) < 4.78 is 0. The standard InChI is InChI=1S/C26H28O2/c1-17(2)26-24(27)15-23(16-25(26)28)22(13-20-9-5-18(3)6-10-20)14-21-11-7-19(4)8-12-21/h5-13,15-17,27-28H,14H2,1-4H3/b22-13-. The van der Waals surface area contributed by atoms with E-state index < -0.39 is 0 Å². The number of phenols is 2. The molecule has 28 heavy (non-hydrogen) atoms. The third kappa shape index (κ3) is 4.64. The maximum Gasteiger partial charge on any atom is 0.123 e. The Bertz CT molecular complexity index is 955. The van der Waals surface area contributed by atoms with Crippen molar-refractivity contribution in [3.05, 3.63) is 94.0 Å². The molecule has 0 radical (unpaired) electrons. The first-order chi connectivity index (χ1) is 13.3. The zero-order valence-corrected chi connectivity index (χ0v) is 17.0. The molecule has 0 saturated heterocycles. The molecule has 0 bridgehead atoms. The molecule has 144 valence electrons. The molecule has 0 spiro atoms. The Morgan fingerprint density at radius 1 is 0.821 bits per heavy atom. The van der Waals surface area contributed by atoms with Crippen molar-refractivity contribution in [3.63, 3.8) is 0 Å². The van der Waals surface area contributed by atoms with E-state index in [9.17, 15) is 10.2 Å². The Kier molecular flexibility index (Phi) is 5.89. The fraction of sp³-hybridized carbons (Fsp3) is 0.231.